The fourth-order valence-electron chi connectivity index (χ4n) is 3.18. The number of carbonyl (C=O) groups is 1. The van der Waals surface area contributed by atoms with Gasteiger partial charge in [-0.05, 0) is 30.5 Å². The van der Waals surface area contributed by atoms with E-state index in [1.165, 1.54) is 32.1 Å². The highest BCUT2D eigenvalue weighted by atomic mass is 35.5. The lowest BCUT2D eigenvalue weighted by Gasteiger charge is -2.19. The molecule has 1 saturated carbocycles. The van der Waals surface area contributed by atoms with Gasteiger partial charge >= 0.3 is 0 Å². The molecule has 0 saturated heterocycles. The van der Waals surface area contributed by atoms with Gasteiger partial charge in [0, 0.05) is 31.1 Å². The molecule has 1 aromatic heterocycles. The van der Waals surface area contributed by atoms with Crippen molar-refractivity contribution in [3.63, 3.8) is 0 Å². The number of anilines is 1. The number of carbonyl (C=O) groups excluding carboxylic acids is 1. The van der Waals surface area contributed by atoms with Crippen molar-refractivity contribution in [2.75, 3.05) is 5.32 Å². The molecule has 0 radical (unpaired) electrons. The number of amides is 1. The van der Waals surface area contributed by atoms with Crippen LogP contribution in [0.4, 0.5) is 5.82 Å². The van der Waals surface area contributed by atoms with Crippen molar-refractivity contribution in [2.24, 2.45) is 12.8 Å². The third-order valence-corrected chi connectivity index (χ3v) is 4.62. The van der Waals surface area contributed by atoms with E-state index >= 15 is 0 Å². The number of halogens is 1. The third kappa shape index (κ3) is 4.16. The molecule has 3 rings (SSSR count). The zero-order chi connectivity index (χ0) is 16.2. The van der Waals surface area contributed by atoms with Crippen molar-refractivity contribution in [3.05, 3.63) is 47.2 Å². The molecular weight excluding hydrogens is 324 g/mol. The largest absolute Gasteiger partial charge is 0.326 e. The second-order valence-corrected chi connectivity index (χ2v) is 6.27. The van der Waals surface area contributed by atoms with Crippen molar-refractivity contribution >= 4 is 24.1 Å². The summed E-state index contributed by atoms with van der Waals surface area (Å²) in [5.41, 5.74) is 8.32. The Morgan fingerprint density at radius 2 is 1.92 bits per heavy atom. The van der Waals surface area contributed by atoms with E-state index in [1.807, 2.05) is 25.2 Å². The van der Waals surface area contributed by atoms with Crippen LogP contribution in [0.5, 0.6) is 0 Å². The van der Waals surface area contributed by atoms with E-state index in [4.69, 9.17) is 5.73 Å². The van der Waals surface area contributed by atoms with Gasteiger partial charge in [-0.1, -0.05) is 31.4 Å². The van der Waals surface area contributed by atoms with Crippen LogP contribution in [0.25, 0.3) is 0 Å². The number of rotatable bonds is 4. The SMILES string of the molecule is Cl.Cn1nc(C2CCCCC2)cc1NC(=O)c1ccc(CN)cc1. The Labute approximate surface area is 149 Å². The van der Waals surface area contributed by atoms with E-state index in [-0.39, 0.29) is 18.3 Å². The van der Waals surface area contributed by atoms with Gasteiger partial charge in [0.2, 0.25) is 0 Å². The van der Waals surface area contributed by atoms with Gasteiger partial charge in [0.15, 0.2) is 0 Å². The third-order valence-electron chi connectivity index (χ3n) is 4.62. The molecule has 1 aromatic carbocycles. The Bertz CT molecular complexity index is 675. The predicted molar refractivity (Wildman–Crippen MR) is 98.6 cm³/mol. The van der Waals surface area contributed by atoms with Gasteiger partial charge in [0.1, 0.15) is 5.82 Å². The molecule has 1 aliphatic rings. The standard InChI is InChI=1S/C18H24N4O.ClH/c1-22-17(11-16(21-22)14-5-3-2-4-6-14)20-18(23)15-9-7-13(12-19)8-10-15;/h7-11,14H,2-6,12,19H2,1H3,(H,20,23);1H. The van der Waals surface area contributed by atoms with Gasteiger partial charge < -0.3 is 11.1 Å². The lowest BCUT2D eigenvalue weighted by molar-refractivity contribution is 0.102. The van der Waals surface area contributed by atoms with Gasteiger partial charge in [-0.15, -0.1) is 12.4 Å². The lowest BCUT2D eigenvalue weighted by atomic mass is 9.87. The Morgan fingerprint density at radius 3 is 2.54 bits per heavy atom. The molecule has 1 heterocycles. The van der Waals surface area contributed by atoms with E-state index in [9.17, 15) is 4.79 Å². The summed E-state index contributed by atoms with van der Waals surface area (Å²) >= 11 is 0. The second kappa shape index (κ2) is 8.31. The molecular formula is C18H25ClN4O. The van der Waals surface area contributed by atoms with Crippen LogP contribution in [0, 0.1) is 0 Å². The molecule has 0 spiro atoms. The summed E-state index contributed by atoms with van der Waals surface area (Å²) in [7, 11) is 1.87. The van der Waals surface area contributed by atoms with Crippen LogP contribution in [0.1, 0.15) is 59.6 Å². The first-order chi connectivity index (χ1) is 11.2. The Kier molecular flexibility index (Phi) is 6.40. The summed E-state index contributed by atoms with van der Waals surface area (Å²) in [5.74, 6) is 1.16. The van der Waals surface area contributed by atoms with E-state index in [0.717, 1.165) is 17.1 Å². The number of hydrogen-bond donors (Lipinski definition) is 2. The van der Waals surface area contributed by atoms with E-state index in [1.54, 1.807) is 16.8 Å². The number of nitrogens with two attached hydrogens (primary N) is 1. The Hall–Kier alpha value is -1.85. The number of aryl methyl sites for hydroxylation is 1. The maximum Gasteiger partial charge on any atom is 0.256 e. The summed E-state index contributed by atoms with van der Waals surface area (Å²) in [5, 5.41) is 7.55. The molecule has 1 fully saturated rings. The van der Waals surface area contributed by atoms with Crippen LogP contribution < -0.4 is 11.1 Å². The maximum absolute atomic E-state index is 12.4. The van der Waals surface area contributed by atoms with Crippen LogP contribution in [0.15, 0.2) is 30.3 Å². The van der Waals surface area contributed by atoms with Gasteiger partial charge in [0.05, 0.1) is 5.69 Å². The molecule has 3 N–H and O–H groups in total. The topological polar surface area (TPSA) is 72.9 Å². The average Bonchev–Trinajstić information content (AvgIpc) is 2.96. The molecule has 0 aliphatic heterocycles. The first kappa shape index (κ1) is 18.5. The lowest BCUT2D eigenvalue weighted by Crippen LogP contribution is -2.14. The summed E-state index contributed by atoms with van der Waals surface area (Å²) in [4.78, 5) is 12.4. The molecule has 24 heavy (non-hydrogen) atoms. The van der Waals surface area contributed by atoms with Crippen LogP contribution in [-0.2, 0) is 13.6 Å². The molecule has 5 nitrogen and oxygen atoms in total. The number of nitrogens with zero attached hydrogens (tertiary/aromatic N) is 2. The van der Waals surface area contributed by atoms with Crippen LogP contribution >= 0.6 is 12.4 Å². The van der Waals surface area contributed by atoms with E-state index in [2.05, 4.69) is 10.4 Å². The van der Waals surface area contributed by atoms with E-state index in [0.29, 0.717) is 18.0 Å². The monoisotopic (exact) mass is 348 g/mol. The molecule has 0 bridgehead atoms. The molecule has 0 atom stereocenters. The van der Waals surface area contributed by atoms with Crippen molar-refractivity contribution in [1.82, 2.24) is 9.78 Å². The van der Waals surface area contributed by atoms with Gasteiger partial charge in [-0.25, -0.2) is 0 Å². The minimum Gasteiger partial charge on any atom is -0.326 e. The van der Waals surface area contributed by atoms with Crippen LogP contribution in [0.2, 0.25) is 0 Å². The number of benzene rings is 1. The number of nitrogens with one attached hydrogen (secondary N) is 1. The van der Waals surface area contributed by atoms with Crippen molar-refractivity contribution in [3.8, 4) is 0 Å². The molecule has 2 aromatic rings. The number of aromatic nitrogens is 2. The average molecular weight is 349 g/mol. The molecule has 130 valence electrons. The predicted octanol–water partition coefficient (Wildman–Crippen LogP) is 3.60. The van der Waals surface area contributed by atoms with E-state index < -0.39 is 0 Å². The van der Waals surface area contributed by atoms with Crippen LogP contribution in [0.3, 0.4) is 0 Å². The maximum atomic E-state index is 12.4. The second-order valence-electron chi connectivity index (χ2n) is 6.27. The fourth-order valence-corrected chi connectivity index (χ4v) is 3.18. The Morgan fingerprint density at radius 1 is 1.25 bits per heavy atom. The first-order valence-electron chi connectivity index (χ1n) is 8.31. The highest BCUT2D eigenvalue weighted by molar-refractivity contribution is 6.03. The first-order valence-corrected chi connectivity index (χ1v) is 8.31. The summed E-state index contributed by atoms with van der Waals surface area (Å²) in [6.07, 6.45) is 6.27. The minimum absolute atomic E-state index is 0. The molecule has 1 amide bonds. The molecule has 6 heteroatoms. The quantitative estimate of drug-likeness (QED) is 0.886. The van der Waals surface area contributed by atoms with Crippen molar-refractivity contribution in [2.45, 2.75) is 44.6 Å². The highest BCUT2D eigenvalue weighted by Gasteiger charge is 2.20. The summed E-state index contributed by atoms with van der Waals surface area (Å²) < 4.78 is 1.76. The summed E-state index contributed by atoms with van der Waals surface area (Å²) in [6, 6.07) is 9.38. The summed E-state index contributed by atoms with van der Waals surface area (Å²) in [6.45, 7) is 0.481. The smallest absolute Gasteiger partial charge is 0.256 e. The van der Waals surface area contributed by atoms with Gasteiger partial charge in [-0.3, -0.25) is 9.48 Å². The fraction of sp³-hybridized carbons (Fsp3) is 0.444. The van der Waals surface area contributed by atoms with Gasteiger partial charge in [0.25, 0.3) is 5.91 Å². The van der Waals surface area contributed by atoms with Crippen molar-refractivity contribution < 1.29 is 4.79 Å². The Balaban J connectivity index is 0.00000208. The van der Waals surface area contributed by atoms with Crippen LogP contribution in [-0.4, -0.2) is 15.7 Å². The molecule has 1 aliphatic carbocycles. The molecule has 0 unspecified atom stereocenters. The number of hydrogen-bond acceptors (Lipinski definition) is 3. The van der Waals surface area contributed by atoms with Gasteiger partial charge in [-0.2, -0.15) is 5.10 Å². The highest BCUT2D eigenvalue weighted by Crippen LogP contribution is 2.32. The minimum atomic E-state index is -0.119. The van der Waals surface area contributed by atoms with Crippen molar-refractivity contribution in [1.29, 1.82) is 0 Å². The zero-order valence-corrected chi connectivity index (χ0v) is 14.8. The normalized spacial score (nSPS) is 14.9. The zero-order valence-electron chi connectivity index (χ0n) is 14.0.